The number of hydrazone groups is 1. The zero-order chi connectivity index (χ0) is 18.4. The predicted molar refractivity (Wildman–Crippen MR) is 108 cm³/mol. The molecule has 3 rings (SSSR count). The molecule has 1 amide bonds. The van der Waals surface area contributed by atoms with Crippen LogP contribution in [0, 0.1) is 0 Å². The summed E-state index contributed by atoms with van der Waals surface area (Å²) in [5, 5.41) is 4.01. The van der Waals surface area contributed by atoms with E-state index in [1.54, 1.807) is 17.6 Å². The first-order valence-corrected chi connectivity index (χ1v) is 9.97. The van der Waals surface area contributed by atoms with Crippen molar-refractivity contribution < 1.29 is 9.53 Å². The normalized spacial score (nSPS) is 11.3. The minimum absolute atomic E-state index is 0.112. The second-order valence-electron chi connectivity index (χ2n) is 5.77. The number of thioether (sulfide) groups is 1. The molecule has 7 heteroatoms. The van der Waals surface area contributed by atoms with Crippen LogP contribution in [0.3, 0.4) is 0 Å². The van der Waals surface area contributed by atoms with Crippen molar-refractivity contribution in [1.29, 1.82) is 0 Å². The van der Waals surface area contributed by atoms with Crippen LogP contribution in [-0.2, 0) is 4.79 Å². The lowest BCUT2D eigenvalue weighted by molar-refractivity contribution is -0.118. The number of aromatic nitrogens is 1. The summed E-state index contributed by atoms with van der Waals surface area (Å²) in [5.41, 5.74) is 4.36. The number of hydrogen-bond acceptors (Lipinski definition) is 6. The van der Waals surface area contributed by atoms with Gasteiger partial charge in [-0.05, 0) is 43.7 Å². The third-order valence-electron chi connectivity index (χ3n) is 3.23. The summed E-state index contributed by atoms with van der Waals surface area (Å²) >= 11 is 3.00. The fourth-order valence-corrected chi connectivity index (χ4v) is 4.05. The van der Waals surface area contributed by atoms with Crippen LogP contribution >= 0.6 is 23.1 Å². The highest BCUT2D eigenvalue weighted by Crippen LogP contribution is 2.28. The molecule has 0 radical (unpaired) electrons. The molecule has 3 aromatic rings. The van der Waals surface area contributed by atoms with Crippen LogP contribution in [0.1, 0.15) is 19.4 Å². The smallest absolute Gasteiger partial charge is 0.250 e. The lowest BCUT2D eigenvalue weighted by Crippen LogP contribution is -2.19. The van der Waals surface area contributed by atoms with Gasteiger partial charge in [-0.1, -0.05) is 36.0 Å². The molecule has 134 valence electrons. The van der Waals surface area contributed by atoms with Crippen molar-refractivity contribution in [1.82, 2.24) is 10.4 Å². The molecular formula is C19H19N3O2S2. The third-order valence-corrected chi connectivity index (χ3v) is 5.41. The minimum atomic E-state index is -0.167. The van der Waals surface area contributed by atoms with E-state index in [1.807, 2.05) is 62.4 Å². The Morgan fingerprint density at radius 3 is 2.96 bits per heavy atom. The van der Waals surface area contributed by atoms with E-state index in [4.69, 9.17) is 4.74 Å². The van der Waals surface area contributed by atoms with E-state index in [2.05, 4.69) is 15.5 Å². The maximum Gasteiger partial charge on any atom is 0.250 e. The average Bonchev–Trinajstić information content (AvgIpc) is 3.03. The molecule has 1 N–H and O–H groups in total. The molecule has 1 heterocycles. The first kappa shape index (κ1) is 18.4. The van der Waals surface area contributed by atoms with Gasteiger partial charge in [-0.2, -0.15) is 5.10 Å². The second-order valence-corrected chi connectivity index (χ2v) is 8.02. The first-order valence-electron chi connectivity index (χ1n) is 8.17. The molecule has 0 fully saturated rings. The van der Waals surface area contributed by atoms with E-state index in [1.165, 1.54) is 11.8 Å². The van der Waals surface area contributed by atoms with E-state index < -0.39 is 0 Å². The molecule has 0 aliphatic carbocycles. The van der Waals surface area contributed by atoms with Crippen molar-refractivity contribution >= 4 is 45.4 Å². The number of thiazole rings is 1. The van der Waals surface area contributed by atoms with Crippen molar-refractivity contribution in [3.63, 3.8) is 0 Å². The molecule has 0 saturated heterocycles. The van der Waals surface area contributed by atoms with Crippen LogP contribution in [-0.4, -0.2) is 29.0 Å². The standard InChI is InChI=1S/C19H19N3O2S2/c1-13(2)24-15-7-5-6-14(10-15)11-20-22-18(23)12-25-19-21-16-8-3-4-9-17(16)26-19/h3-11,13H,12H2,1-2H3,(H,22,23)/b20-11-. The van der Waals surface area contributed by atoms with Gasteiger partial charge >= 0.3 is 0 Å². The van der Waals surface area contributed by atoms with Crippen LogP contribution in [0.5, 0.6) is 5.75 Å². The van der Waals surface area contributed by atoms with Crippen molar-refractivity contribution in [3.8, 4) is 5.75 Å². The van der Waals surface area contributed by atoms with Crippen molar-refractivity contribution in [3.05, 3.63) is 54.1 Å². The molecule has 0 spiro atoms. The van der Waals surface area contributed by atoms with Gasteiger partial charge in [-0.3, -0.25) is 4.79 Å². The van der Waals surface area contributed by atoms with Gasteiger partial charge in [0.1, 0.15) is 5.75 Å². The van der Waals surface area contributed by atoms with Crippen molar-refractivity contribution in [2.45, 2.75) is 24.3 Å². The monoisotopic (exact) mass is 385 g/mol. The summed E-state index contributed by atoms with van der Waals surface area (Å²) in [6.45, 7) is 3.95. The Bertz CT molecular complexity index is 889. The molecule has 0 unspecified atom stereocenters. The van der Waals surface area contributed by atoms with E-state index in [0.29, 0.717) is 0 Å². The Hall–Kier alpha value is -2.38. The van der Waals surface area contributed by atoms with Crippen LogP contribution < -0.4 is 10.2 Å². The number of rotatable bonds is 7. The Labute approximate surface area is 160 Å². The second kappa shape index (κ2) is 8.82. The third kappa shape index (κ3) is 5.31. The molecule has 2 aromatic carbocycles. The Kier molecular flexibility index (Phi) is 6.25. The van der Waals surface area contributed by atoms with Gasteiger partial charge in [0.05, 0.1) is 28.3 Å². The van der Waals surface area contributed by atoms with Gasteiger partial charge in [0.25, 0.3) is 5.91 Å². The highest BCUT2D eigenvalue weighted by Gasteiger charge is 2.07. The highest BCUT2D eigenvalue weighted by atomic mass is 32.2. The Morgan fingerprint density at radius 2 is 2.15 bits per heavy atom. The number of ether oxygens (including phenoxy) is 1. The van der Waals surface area contributed by atoms with E-state index in [-0.39, 0.29) is 17.8 Å². The zero-order valence-corrected chi connectivity index (χ0v) is 16.1. The number of para-hydroxylation sites is 1. The number of fused-ring (bicyclic) bond motifs is 1. The summed E-state index contributed by atoms with van der Waals surface area (Å²) in [5.74, 6) is 0.884. The van der Waals surface area contributed by atoms with Gasteiger partial charge in [0.15, 0.2) is 4.34 Å². The van der Waals surface area contributed by atoms with Crippen LogP contribution in [0.2, 0.25) is 0 Å². The molecule has 0 atom stereocenters. The quantitative estimate of drug-likeness (QED) is 0.374. The van der Waals surface area contributed by atoms with Gasteiger partial charge in [-0.15, -0.1) is 11.3 Å². The van der Waals surface area contributed by atoms with E-state index in [0.717, 1.165) is 25.9 Å². The minimum Gasteiger partial charge on any atom is -0.491 e. The molecule has 0 aliphatic rings. The summed E-state index contributed by atoms with van der Waals surface area (Å²) in [4.78, 5) is 16.4. The lowest BCUT2D eigenvalue weighted by atomic mass is 10.2. The van der Waals surface area contributed by atoms with E-state index >= 15 is 0 Å². The highest BCUT2D eigenvalue weighted by molar-refractivity contribution is 8.01. The zero-order valence-electron chi connectivity index (χ0n) is 14.5. The summed E-state index contributed by atoms with van der Waals surface area (Å²) < 4.78 is 7.64. The summed E-state index contributed by atoms with van der Waals surface area (Å²) in [6.07, 6.45) is 1.72. The van der Waals surface area contributed by atoms with Gasteiger partial charge < -0.3 is 4.74 Å². The molecular weight excluding hydrogens is 366 g/mol. The van der Waals surface area contributed by atoms with Gasteiger partial charge in [0.2, 0.25) is 0 Å². The Morgan fingerprint density at radius 1 is 1.31 bits per heavy atom. The Balaban J connectivity index is 1.49. The predicted octanol–water partition coefficient (Wildman–Crippen LogP) is 4.33. The average molecular weight is 386 g/mol. The number of nitrogens with one attached hydrogen (secondary N) is 1. The number of amides is 1. The molecule has 0 aliphatic heterocycles. The topological polar surface area (TPSA) is 63.6 Å². The van der Waals surface area contributed by atoms with Gasteiger partial charge in [0, 0.05) is 0 Å². The SMILES string of the molecule is CC(C)Oc1cccc(/C=N\NC(=O)CSc2nc3ccccc3s2)c1. The number of hydrogen-bond donors (Lipinski definition) is 1. The van der Waals surface area contributed by atoms with Crippen LogP contribution in [0.4, 0.5) is 0 Å². The fourth-order valence-electron chi connectivity index (χ4n) is 2.19. The van der Waals surface area contributed by atoms with Gasteiger partial charge in [-0.25, -0.2) is 10.4 Å². The van der Waals surface area contributed by atoms with Crippen molar-refractivity contribution in [2.75, 3.05) is 5.75 Å². The molecule has 0 bridgehead atoms. The number of nitrogens with zero attached hydrogens (tertiary/aromatic N) is 2. The maximum atomic E-state index is 11.9. The van der Waals surface area contributed by atoms with E-state index in [9.17, 15) is 4.79 Å². The summed E-state index contributed by atoms with van der Waals surface area (Å²) in [6, 6.07) is 15.5. The van der Waals surface area contributed by atoms with Crippen molar-refractivity contribution in [2.24, 2.45) is 5.10 Å². The molecule has 0 saturated carbocycles. The van der Waals surface area contributed by atoms with Crippen LogP contribution in [0.15, 0.2) is 58.0 Å². The fraction of sp³-hybridized carbons (Fsp3) is 0.211. The largest absolute Gasteiger partial charge is 0.491 e. The summed E-state index contributed by atoms with van der Waals surface area (Å²) in [7, 11) is 0. The molecule has 26 heavy (non-hydrogen) atoms. The molecule has 1 aromatic heterocycles. The number of benzene rings is 2. The first-order chi connectivity index (χ1) is 12.6. The number of carbonyl (C=O) groups excluding carboxylic acids is 1. The lowest BCUT2D eigenvalue weighted by Gasteiger charge is -2.09. The van der Waals surface area contributed by atoms with Crippen LogP contribution in [0.25, 0.3) is 10.2 Å². The molecule has 5 nitrogen and oxygen atoms in total. The maximum absolute atomic E-state index is 11.9. The number of carbonyl (C=O) groups is 1.